The molecule has 5 heterocycles. The van der Waals surface area contributed by atoms with Gasteiger partial charge in [0.15, 0.2) is 24.0 Å². The van der Waals surface area contributed by atoms with Crippen LogP contribution in [0, 0.1) is 5.92 Å². The number of ether oxygens (including phenoxy) is 2. The Bertz CT molecular complexity index is 2050. The fraction of sp³-hybridized carbons (Fsp3) is 0.250. The Labute approximate surface area is 274 Å². The normalized spacial score (nSPS) is 21.9. The van der Waals surface area contributed by atoms with Crippen molar-refractivity contribution in [3.8, 4) is 17.3 Å². The highest BCUT2D eigenvalue weighted by molar-refractivity contribution is 5.86. The molecule has 1 unspecified atom stereocenters. The first-order chi connectivity index (χ1) is 23.3. The predicted octanol–water partition coefficient (Wildman–Crippen LogP) is 5.28. The summed E-state index contributed by atoms with van der Waals surface area (Å²) in [6.07, 6.45) is 0.673. The Morgan fingerprint density at radius 1 is 1.06 bits per heavy atom. The van der Waals surface area contributed by atoms with Gasteiger partial charge in [0, 0.05) is 17.7 Å². The van der Waals surface area contributed by atoms with Gasteiger partial charge in [-0.15, -0.1) is 0 Å². The summed E-state index contributed by atoms with van der Waals surface area (Å²) in [5, 5.41) is 9.36. The molecular weight excluding hydrogens is 614 g/mol. The minimum Gasteiger partial charge on any atom is -0.469 e. The van der Waals surface area contributed by atoms with E-state index in [4.69, 9.17) is 23.3 Å². The molecular formula is C36H31N5O7. The number of nitrogens with one attached hydrogen (secondary N) is 3. The molecule has 3 aromatic carbocycles. The SMILES string of the molecule is CC(C)[C@@H]1NC(=O)[C@@H](NC(=O)OCc2ccccc2)Cc2ccc3c(c2)[C@@]2(c4ccccc4NC2O3)c2oc1nc2-c1nc(C=O)co1. The van der Waals surface area contributed by atoms with Gasteiger partial charge in [0.2, 0.25) is 17.7 Å². The van der Waals surface area contributed by atoms with Crippen molar-refractivity contribution in [2.24, 2.45) is 5.92 Å². The fourth-order valence-corrected chi connectivity index (χ4v) is 6.80. The largest absolute Gasteiger partial charge is 0.469 e. The van der Waals surface area contributed by atoms with Gasteiger partial charge < -0.3 is 34.3 Å². The van der Waals surface area contributed by atoms with Crippen molar-refractivity contribution in [3.05, 3.63) is 119 Å². The summed E-state index contributed by atoms with van der Waals surface area (Å²) in [7, 11) is 0. The number of amides is 2. The summed E-state index contributed by atoms with van der Waals surface area (Å²) in [4.78, 5) is 47.9. The second-order valence-electron chi connectivity index (χ2n) is 12.4. The first-order valence-corrected chi connectivity index (χ1v) is 15.7. The molecule has 3 aliphatic rings. The van der Waals surface area contributed by atoms with Gasteiger partial charge in [-0.1, -0.05) is 74.5 Å². The zero-order valence-electron chi connectivity index (χ0n) is 26.1. The lowest BCUT2D eigenvalue weighted by Gasteiger charge is -2.28. The van der Waals surface area contributed by atoms with Gasteiger partial charge >= 0.3 is 6.09 Å². The topological polar surface area (TPSA) is 158 Å². The first kappa shape index (κ1) is 29.5. The van der Waals surface area contributed by atoms with Crippen molar-refractivity contribution in [1.29, 1.82) is 0 Å². The fourth-order valence-electron chi connectivity index (χ4n) is 6.80. The van der Waals surface area contributed by atoms with E-state index in [1.807, 2.05) is 86.6 Å². The Morgan fingerprint density at radius 2 is 1.88 bits per heavy atom. The molecule has 5 aromatic rings. The summed E-state index contributed by atoms with van der Waals surface area (Å²) in [6, 6.07) is 21.2. The van der Waals surface area contributed by atoms with Crippen LogP contribution in [0.25, 0.3) is 11.6 Å². The van der Waals surface area contributed by atoms with Gasteiger partial charge in [0.1, 0.15) is 41.8 Å². The second kappa shape index (κ2) is 11.4. The molecule has 8 rings (SSSR count). The minimum absolute atomic E-state index is 0.0522. The van der Waals surface area contributed by atoms with E-state index in [0.717, 1.165) is 27.9 Å². The zero-order chi connectivity index (χ0) is 33.0. The number of alkyl carbamates (subject to hydrolysis) is 1. The third-order valence-corrected chi connectivity index (χ3v) is 9.08. The maximum Gasteiger partial charge on any atom is 0.408 e. The Morgan fingerprint density at radius 3 is 2.67 bits per heavy atom. The number of carbonyl (C=O) groups excluding carboxylic acids is 3. The van der Waals surface area contributed by atoms with E-state index in [1.165, 1.54) is 6.26 Å². The van der Waals surface area contributed by atoms with Gasteiger partial charge in [0.05, 0.1) is 0 Å². The van der Waals surface area contributed by atoms with Crippen LogP contribution in [-0.4, -0.2) is 40.5 Å². The number of fused-ring (bicyclic) bond motifs is 4. The molecule has 4 bridgehead atoms. The smallest absolute Gasteiger partial charge is 0.408 e. The highest BCUT2D eigenvalue weighted by Gasteiger charge is 2.61. The van der Waals surface area contributed by atoms with Crippen LogP contribution in [0.15, 0.2) is 87.9 Å². The number of aromatic nitrogens is 2. The van der Waals surface area contributed by atoms with E-state index in [2.05, 4.69) is 20.9 Å². The number of nitrogens with zero attached hydrogens (tertiary/aromatic N) is 2. The van der Waals surface area contributed by atoms with Crippen molar-refractivity contribution in [2.75, 3.05) is 5.32 Å². The van der Waals surface area contributed by atoms with Crippen LogP contribution in [-0.2, 0) is 28.0 Å². The molecule has 0 radical (unpaired) electrons. The monoisotopic (exact) mass is 645 g/mol. The number of carbonyl (C=O) groups is 3. The van der Waals surface area contributed by atoms with Crippen LogP contribution < -0.4 is 20.7 Å². The summed E-state index contributed by atoms with van der Waals surface area (Å²) >= 11 is 0. The number of oxazole rings is 2. The lowest BCUT2D eigenvalue weighted by atomic mass is 9.72. The predicted molar refractivity (Wildman–Crippen MR) is 171 cm³/mol. The van der Waals surface area contributed by atoms with Crippen LogP contribution in [0.4, 0.5) is 10.5 Å². The average molecular weight is 646 g/mol. The third-order valence-electron chi connectivity index (χ3n) is 9.08. The number of hydrogen-bond donors (Lipinski definition) is 3. The Kier molecular flexibility index (Phi) is 7.01. The van der Waals surface area contributed by atoms with Crippen molar-refractivity contribution >= 4 is 24.0 Å². The van der Waals surface area contributed by atoms with Gasteiger partial charge in [-0.3, -0.25) is 9.59 Å². The van der Waals surface area contributed by atoms with E-state index in [9.17, 15) is 14.4 Å². The van der Waals surface area contributed by atoms with E-state index < -0.39 is 35.7 Å². The summed E-state index contributed by atoms with van der Waals surface area (Å²) < 4.78 is 24.6. The molecule has 12 heteroatoms. The zero-order valence-corrected chi connectivity index (χ0v) is 26.1. The van der Waals surface area contributed by atoms with Crippen LogP contribution in [0.1, 0.15) is 64.3 Å². The van der Waals surface area contributed by atoms with Gasteiger partial charge in [-0.25, -0.2) is 14.8 Å². The van der Waals surface area contributed by atoms with Crippen molar-refractivity contribution in [1.82, 2.24) is 20.6 Å². The number of hydrogen-bond acceptors (Lipinski definition) is 10. The summed E-state index contributed by atoms with van der Waals surface area (Å²) in [6.45, 7) is 3.91. The summed E-state index contributed by atoms with van der Waals surface area (Å²) in [5.41, 5.74) is 3.44. The number of para-hydroxylation sites is 1. The maximum absolute atomic E-state index is 14.0. The molecule has 1 spiro atoms. The Hall–Kier alpha value is -5.91. The summed E-state index contributed by atoms with van der Waals surface area (Å²) in [5.74, 6) is 0.686. The lowest BCUT2D eigenvalue weighted by Crippen LogP contribution is -2.49. The lowest BCUT2D eigenvalue weighted by molar-refractivity contribution is -0.124. The number of benzene rings is 3. The molecule has 3 N–H and O–H groups in total. The van der Waals surface area contributed by atoms with Crippen LogP contribution >= 0.6 is 0 Å². The molecule has 242 valence electrons. The quantitative estimate of drug-likeness (QED) is 0.207. The molecule has 3 aliphatic heterocycles. The highest BCUT2D eigenvalue weighted by Crippen LogP contribution is 2.59. The molecule has 2 amide bonds. The van der Waals surface area contributed by atoms with Gasteiger partial charge in [-0.2, -0.15) is 0 Å². The standard InChI is InChI=1S/C36H31N5O7/c1-19(2)28-33-41-29(32-37-22(16-42)18-45-32)30(48-33)36-23-10-6-7-11-25(23)38-34(36)47-27-13-12-21(14-24(27)36)15-26(31(43)40-28)39-35(44)46-17-20-8-4-3-5-9-20/h3-14,16,18-19,26,28,34,38H,15,17H2,1-2H3,(H,39,44)(H,40,43)/t26-,28-,34?,36-/m0/s1. The number of anilines is 1. The van der Waals surface area contributed by atoms with Crippen LogP contribution in [0.2, 0.25) is 0 Å². The van der Waals surface area contributed by atoms with E-state index >= 15 is 0 Å². The van der Waals surface area contributed by atoms with Crippen molar-refractivity contribution in [2.45, 2.75) is 50.6 Å². The molecule has 0 saturated carbocycles. The Balaban J connectivity index is 1.28. The molecule has 0 saturated heterocycles. The van der Waals surface area contributed by atoms with E-state index in [0.29, 0.717) is 17.8 Å². The van der Waals surface area contributed by atoms with E-state index in [1.54, 1.807) is 0 Å². The highest BCUT2D eigenvalue weighted by atomic mass is 16.5. The molecule has 0 fully saturated rings. The van der Waals surface area contributed by atoms with Crippen molar-refractivity contribution in [3.63, 3.8) is 0 Å². The maximum atomic E-state index is 14.0. The third kappa shape index (κ3) is 4.71. The minimum atomic E-state index is -1.05. The van der Waals surface area contributed by atoms with Crippen LogP contribution in [0.5, 0.6) is 5.75 Å². The van der Waals surface area contributed by atoms with E-state index in [-0.39, 0.29) is 42.1 Å². The molecule has 48 heavy (non-hydrogen) atoms. The van der Waals surface area contributed by atoms with Gasteiger partial charge in [-0.05, 0) is 34.7 Å². The van der Waals surface area contributed by atoms with Crippen LogP contribution in [0.3, 0.4) is 0 Å². The molecule has 0 aliphatic carbocycles. The number of rotatable bonds is 6. The first-order valence-electron chi connectivity index (χ1n) is 15.7. The number of aldehydes is 1. The molecule has 4 atom stereocenters. The molecule has 12 nitrogen and oxygen atoms in total. The second-order valence-corrected chi connectivity index (χ2v) is 12.4. The van der Waals surface area contributed by atoms with Crippen molar-refractivity contribution < 1.29 is 32.7 Å². The average Bonchev–Trinajstić information content (AvgIpc) is 3.87. The molecule has 2 aromatic heterocycles. The van der Waals surface area contributed by atoms with Gasteiger partial charge in [0.25, 0.3) is 0 Å².